The number of hydrogen-bond acceptors (Lipinski definition) is 2. The highest BCUT2D eigenvalue weighted by Gasteiger charge is 2.17. The zero-order chi connectivity index (χ0) is 29.7. The van der Waals surface area contributed by atoms with E-state index in [1.807, 2.05) is 11.3 Å². The standard InChI is InChI=1S/C42H28N2S/c1-2-11-29(12-3-1)30-21-23-31(24-22-30)43(34-25-26-42-38(28-34)37-17-6-9-20-41(37)45-42)32-13-10-14-33(27-32)44-39-18-7-4-15-35(39)36-16-5-8-19-40(36)44/h1-28H. The zero-order valence-corrected chi connectivity index (χ0v) is 25.3. The van der Waals surface area contributed by atoms with E-state index in [0.717, 1.165) is 22.7 Å². The monoisotopic (exact) mass is 592 g/mol. The average molecular weight is 593 g/mol. The summed E-state index contributed by atoms with van der Waals surface area (Å²) in [7, 11) is 0. The molecule has 7 aromatic carbocycles. The Morgan fingerprint density at radius 1 is 0.378 bits per heavy atom. The third-order valence-corrected chi connectivity index (χ3v) is 9.93. The molecule has 0 unspecified atom stereocenters. The van der Waals surface area contributed by atoms with Crippen molar-refractivity contribution in [2.24, 2.45) is 0 Å². The summed E-state index contributed by atoms with van der Waals surface area (Å²) in [5, 5.41) is 5.12. The van der Waals surface area contributed by atoms with Crippen molar-refractivity contribution < 1.29 is 0 Å². The maximum atomic E-state index is 2.39. The Kier molecular flexibility index (Phi) is 6.03. The van der Waals surface area contributed by atoms with Crippen LogP contribution < -0.4 is 4.90 Å². The molecule has 9 rings (SSSR count). The number of anilines is 3. The number of nitrogens with zero attached hydrogens (tertiary/aromatic N) is 2. The molecule has 0 atom stereocenters. The van der Waals surface area contributed by atoms with Crippen LogP contribution in [0.1, 0.15) is 0 Å². The van der Waals surface area contributed by atoms with Crippen molar-refractivity contribution in [3.05, 3.63) is 170 Å². The minimum Gasteiger partial charge on any atom is -0.310 e. The maximum Gasteiger partial charge on any atom is 0.0541 e. The second kappa shape index (κ2) is 10.5. The zero-order valence-electron chi connectivity index (χ0n) is 24.5. The Hall–Kier alpha value is -5.64. The summed E-state index contributed by atoms with van der Waals surface area (Å²) in [5.74, 6) is 0. The van der Waals surface area contributed by atoms with Crippen molar-refractivity contribution in [2.45, 2.75) is 0 Å². The summed E-state index contributed by atoms with van der Waals surface area (Å²) in [4.78, 5) is 2.39. The van der Waals surface area contributed by atoms with E-state index in [9.17, 15) is 0 Å². The molecule has 0 bridgehead atoms. The van der Waals surface area contributed by atoms with E-state index in [1.165, 1.54) is 53.1 Å². The van der Waals surface area contributed by atoms with Gasteiger partial charge in [0.25, 0.3) is 0 Å². The van der Waals surface area contributed by atoms with Gasteiger partial charge in [0, 0.05) is 53.7 Å². The molecule has 2 heterocycles. The number of thiophene rings is 1. The van der Waals surface area contributed by atoms with Crippen LogP contribution in [0.5, 0.6) is 0 Å². The van der Waals surface area contributed by atoms with Gasteiger partial charge in [-0.3, -0.25) is 0 Å². The van der Waals surface area contributed by atoms with Crippen molar-refractivity contribution in [1.29, 1.82) is 0 Å². The molecule has 212 valence electrons. The minimum atomic E-state index is 1.11. The molecule has 0 radical (unpaired) electrons. The molecule has 3 heteroatoms. The Balaban J connectivity index is 1.24. The minimum absolute atomic E-state index is 1.11. The highest BCUT2D eigenvalue weighted by atomic mass is 32.1. The van der Waals surface area contributed by atoms with Gasteiger partial charge in [-0.2, -0.15) is 0 Å². The summed E-state index contributed by atoms with van der Waals surface area (Å²) in [6, 6.07) is 61.4. The van der Waals surface area contributed by atoms with E-state index in [4.69, 9.17) is 0 Å². The number of fused-ring (bicyclic) bond motifs is 6. The summed E-state index contributed by atoms with van der Waals surface area (Å²) in [5.41, 5.74) is 9.35. The first-order valence-electron chi connectivity index (χ1n) is 15.3. The van der Waals surface area contributed by atoms with Gasteiger partial charge in [-0.25, -0.2) is 0 Å². The van der Waals surface area contributed by atoms with Gasteiger partial charge in [0.05, 0.1) is 11.0 Å². The van der Waals surface area contributed by atoms with Crippen LogP contribution in [0.2, 0.25) is 0 Å². The van der Waals surface area contributed by atoms with Crippen LogP contribution in [0, 0.1) is 0 Å². The van der Waals surface area contributed by atoms with E-state index in [2.05, 4.69) is 179 Å². The molecule has 0 fully saturated rings. The van der Waals surface area contributed by atoms with Crippen molar-refractivity contribution in [2.75, 3.05) is 4.90 Å². The molecule has 0 N–H and O–H groups in total. The van der Waals surface area contributed by atoms with Crippen molar-refractivity contribution in [3.63, 3.8) is 0 Å². The highest BCUT2D eigenvalue weighted by Crippen LogP contribution is 2.42. The average Bonchev–Trinajstić information content (AvgIpc) is 3.65. The van der Waals surface area contributed by atoms with Gasteiger partial charge in [0.1, 0.15) is 0 Å². The third kappa shape index (κ3) is 4.32. The van der Waals surface area contributed by atoms with Gasteiger partial charge in [0.15, 0.2) is 0 Å². The fourth-order valence-corrected chi connectivity index (χ4v) is 7.79. The number of rotatable bonds is 5. The number of benzene rings is 7. The van der Waals surface area contributed by atoms with Crippen LogP contribution in [-0.4, -0.2) is 4.57 Å². The van der Waals surface area contributed by atoms with E-state index in [0.29, 0.717) is 0 Å². The van der Waals surface area contributed by atoms with Crippen LogP contribution in [0.25, 0.3) is 58.8 Å². The third-order valence-electron chi connectivity index (χ3n) is 8.78. The Bertz CT molecular complexity index is 2430. The highest BCUT2D eigenvalue weighted by molar-refractivity contribution is 7.25. The van der Waals surface area contributed by atoms with Gasteiger partial charge < -0.3 is 9.47 Å². The molecule has 0 saturated carbocycles. The Morgan fingerprint density at radius 3 is 1.71 bits per heavy atom. The summed E-state index contributed by atoms with van der Waals surface area (Å²) >= 11 is 1.85. The molecule has 0 aliphatic heterocycles. The lowest BCUT2D eigenvalue weighted by Gasteiger charge is -2.26. The molecule has 0 aliphatic carbocycles. The second-order valence-electron chi connectivity index (χ2n) is 11.4. The van der Waals surface area contributed by atoms with Crippen molar-refractivity contribution in [3.8, 4) is 16.8 Å². The molecule has 0 saturated heterocycles. The lowest BCUT2D eigenvalue weighted by atomic mass is 10.0. The fraction of sp³-hybridized carbons (Fsp3) is 0. The number of hydrogen-bond donors (Lipinski definition) is 0. The van der Waals surface area contributed by atoms with E-state index in [-0.39, 0.29) is 0 Å². The lowest BCUT2D eigenvalue weighted by Crippen LogP contribution is -2.10. The molecular weight excluding hydrogens is 565 g/mol. The van der Waals surface area contributed by atoms with Gasteiger partial charge in [0.2, 0.25) is 0 Å². The predicted molar refractivity (Wildman–Crippen MR) is 194 cm³/mol. The first-order valence-corrected chi connectivity index (χ1v) is 16.1. The smallest absolute Gasteiger partial charge is 0.0541 e. The SMILES string of the molecule is c1ccc(-c2ccc(N(c3cccc(-n4c5ccccc5c5ccccc54)c3)c3ccc4sc5ccccc5c4c3)cc2)cc1. The largest absolute Gasteiger partial charge is 0.310 e. The predicted octanol–water partition coefficient (Wildman–Crippen LogP) is 12.3. The van der Waals surface area contributed by atoms with Gasteiger partial charge in [-0.1, -0.05) is 103 Å². The normalized spacial score (nSPS) is 11.6. The topological polar surface area (TPSA) is 8.17 Å². The van der Waals surface area contributed by atoms with E-state index < -0.39 is 0 Å². The van der Waals surface area contributed by atoms with Crippen LogP contribution in [0.3, 0.4) is 0 Å². The second-order valence-corrected chi connectivity index (χ2v) is 12.5. The van der Waals surface area contributed by atoms with Crippen LogP contribution in [0.4, 0.5) is 17.1 Å². The summed E-state index contributed by atoms with van der Waals surface area (Å²) in [6.07, 6.45) is 0. The first kappa shape index (κ1) is 25.8. The number of aromatic nitrogens is 1. The quantitative estimate of drug-likeness (QED) is 0.193. The van der Waals surface area contributed by atoms with Crippen molar-refractivity contribution >= 4 is 70.4 Å². The van der Waals surface area contributed by atoms with Gasteiger partial charge in [-0.05, 0) is 77.9 Å². The fourth-order valence-electron chi connectivity index (χ4n) is 6.71. The van der Waals surface area contributed by atoms with Crippen LogP contribution in [-0.2, 0) is 0 Å². The van der Waals surface area contributed by atoms with E-state index in [1.54, 1.807) is 0 Å². The number of para-hydroxylation sites is 2. The van der Waals surface area contributed by atoms with Gasteiger partial charge in [-0.15, -0.1) is 11.3 Å². The first-order chi connectivity index (χ1) is 22.3. The molecule has 0 aliphatic rings. The molecule has 0 spiro atoms. The molecule has 9 aromatic rings. The summed E-state index contributed by atoms with van der Waals surface area (Å²) in [6.45, 7) is 0. The molecule has 45 heavy (non-hydrogen) atoms. The van der Waals surface area contributed by atoms with Gasteiger partial charge >= 0.3 is 0 Å². The van der Waals surface area contributed by atoms with Crippen LogP contribution >= 0.6 is 11.3 Å². The molecular formula is C42H28N2S. The molecule has 2 nitrogen and oxygen atoms in total. The summed E-state index contributed by atoms with van der Waals surface area (Å²) < 4.78 is 5.01. The Labute approximate surface area is 265 Å². The maximum absolute atomic E-state index is 2.39. The lowest BCUT2D eigenvalue weighted by molar-refractivity contribution is 1.17. The molecule has 0 amide bonds. The molecule has 2 aromatic heterocycles. The van der Waals surface area contributed by atoms with Crippen LogP contribution in [0.15, 0.2) is 170 Å². The van der Waals surface area contributed by atoms with E-state index >= 15 is 0 Å². The van der Waals surface area contributed by atoms with Crippen molar-refractivity contribution in [1.82, 2.24) is 4.57 Å². The Morgan fingerprint density at radius 2 is 0.956 bits per heavy atom.